The number of ether oxygens (including phenoxy) is 1. The molecule has 2 aromatic carbocycles. The van der Waals surface area contributed by atoms with Crippen LogP contribution >= 0.6 is 11.6 Å². The fourth-order valence-electron chi connectivity index (χ4n) is 1.68. The lowest BCUT2D eigenvalue weighted by Gasteiger charge is -2.11. The molecule has 0 aliphatic rings. The molecular formula is C15H13ClO3. The third-order valence-corrected chi connectivity index (χ3v) is 3.19. The number of carboxylic acids is 1. The SMILES string of the molecule is Cc1ccc(Oc2c(Cl)cccc2C(=O)O)cc1C. The molecule has 0 atom stereocenters. The summed E-state index contributed by atoms with van der Waals surface area (Å²) in [4.78, 5) is 11.1. The highest BCUT2D eigenvalue weighted by molar-refractivity contribution is 6.32. The van der Waals surface area contributed by atoms with E-state index in [0.717, 1.165) is 11.1 Å². The molecular weight excluding hydrogens is 264 g/mol. The Morgan fingerprint density at radius 3 is 2.53 bits per heavy atom. The molecule has 0 saturated heterocycles. The van der Waals surface area contributed by atoms with Crippen molar-refractivity contribution < 1.29 is 14.6 Å². The number of benzene rings is 2. The lowest BCUT2D eigenvalue weighted by Crippen LogP contribution is -2.00. The van der Waals surface area contributed by atoms with Crippen molar-refractivity contribution in [3.8, 4) is 11.5 Å². The van der Waals surface area contributed by atoms with Gasteiger partial charge in [-0.2, -0.15) is 0 Å². The van der Waals surface area contributed by atoms with E-state index in [1.807, 2.05) is 26.0 Å². The number of aromatic carboxylic acids is 1. The molecule has 3 nitrogen and oxygen atoms in total. The van der Waals surface area contributed by atoms with Gasteiger partial charge in [0.1, 0.15) is 11.3 Å². The number of rotatable bonds is 3. The molecule has 19 heavy (non-hydrogen) atoms. The summed E-state index contributed by atoms with van der Waals surface area (Å²) in [6.45, 7) is 3.96. The van der Waals surface area contributed by atoms with E-state index in [-0.39, 0.29) is 16.3 Å². The lowest BCUT2D eigenvalue weighted by molar-refractivity contribution is 0.0694. The molecule has 4 heteroatoms. The molecule has 0 radical (unpaired) electrons. The maximum absolute atomic E-state index is 11.1. The monoisotopic (exact) mass is 276 g/mol. The second kappa shape index (κ2) is 5.33. The summed E-state index contributed by atoms with van der Waals surface area (Å²) >= 11 is 6.01. The van der Waals surface area contributed by atoms with E-state index < -0.39 is 5.97 Å². The van der Waals surface area contributed by atoms with Crippen LogP contribution in [-0.4, -0.2) is 11.1 Å². The van der Waals surface area contributed by atoms with Crippen LogP contribution in [0.4, 0.5) is 0 Å². The molecule has 2 aromatic rings. The maximum atomic E-state index is 11.1. The van der Waals surface area contributed by atoms with Gasteiger partial charge in [0, 0.05) is 0 Å². The fraction of sp³-hybridized carbons (Fsp3) is 0.133. The van der Waals surface area contributed by atoms with Gasteiger partial charge in [-0.3, -0.25) is 0 Å². The smallest absolute Gasteiger partial charge is 0.339 e. The number of carboxylic acid groups (broad SMARTS) is 1. The quantitative estimate of drug-likeness (QED) is 0.901. The standard InChI is InChI=1S/C15H13ClO3/c1-9-6-7-11(8-10(9)2)19-14-12(15(17)18)4-3-5-13(14)16/h3-8H,1-2H3,(H,17,18). The third-order valence-electron chi connectivity index (χ3n) is 2.90. The Balaban J connectivity index is 2.42. The number of carbonyl (C=O) groups is 1. The summed E-state index contributed by atoms with van der Waals surface area (Å²) < 4.78 is 5.62. The van der Waals surface area contributed by atoms with Crippen molar-refractivity contribution in [1.29, 1.82) is 0 Å². The van der Waals surface area contributed by atoms with Crippen LogP contribution in [0.15, 0.2) is 36.4 Å². The van der Waals surface area contributed by atoms with Crippen molar-refractivity contribution in [3.63, 3.8) is 0 Å². The van der Waals surface area contributed by atoms with Crippen LogP contribution in [0.3, 0.4) is 0 Å². The van der Waals surface area contributed by atoms with Crippen molar-refractivity contribution in [2.75, 3.05) is 0 Å². The second-order valence-corrected chi connectivity index (χ2v) is 4.68. The van der Waals surface area contributed by atoms with E-state index in [9.17, 15) is 4.79 Å². The first-order valence-corrected chi connectivity index (χ1v) is 6.13. The topological polar surface area (TPSA) is 46.5 Å². The van der Waals surface area contributed by atoms with Gasteiger partial charge in [0.15, 0.2) is 5.75 Å². The average Bonchev–Trinajstić information content (AvgIpc) is 2.36. The van der Waals surface area contributed by atoms with Crippen molar-refractivity contribution >= 4 is 17.6 Å². The van der Waals surface area contributed by atoms with Gasteiger partial charge >= 0.3 is 5.97 Å². The van der Waals surface area contributed by atoms with Gasteiger partial charge in [-0.1, -0.05) is 23.7 Å². The summed E-state index contributed by atoms with van der Waals surface area (Å²) in [5.41, 5.74) is 2.26. The van der Waals surface area contributed by atoms with E-state index in [2.05, 4.69) is 0 Å². The first-order valence-electron chi connectivity index (χ1n) is 5.76. The number of hydrogen-bond donors (Lipinski definition) is 1. The third kappa shape index (κ3) is 2.88. The Morgan fingerprint density at radius 2 is 1.89 bits per heavy atom. The Labute approximate surface area is 116 Å². The lowest BCUT2D eigenvalue weighted by atomic mass is 10.1. The zero-order valence-corrected chi connectivity index (χ0v) is 11.4. The molecule has 0 unspecified atom stereocenters. The molecule has 0 bridgehead atoms. The van der Waals surface area contributed by atoms with Crippen LogP contribution in [-0.2, 0) is 0 Å². The molecule has 0 amide bonds. The van der Waals surface area contributed by atoms with Crippen molar-refractivity contribution in [1.82, 2.24) is 0 Å². The number of halogens is 1. The Morgan fingerprint density at radius 1 is 1.16 bits per heavy atom. The van der Waals surface area contributed by atoms with Gasteiger partial charge in [0.05, 0.1) is 5.02 Å². The van der Waals surface area contributed by atoms with Crippen LogP contribution in [0.5, 0.6) is 11.5 Å². The van der Waals surface area contributed by atoms with Crippen molar-refractivity contribution in [2.24, 2.45) is 0 Å². The summed E-state index contributed by atoms with van der Waals surface area (Å²) in [5, 5.41) is 9.40. The van der Waals surface area contributed by atoms with Crippen LogP contribution < -0.4 is 4.74 Å². The molecule has 0 fully saturated rings. The molecule has 98 valence electrons. The number of hydrogen-bond acceptors (Lipinski definition) is 2. The predicted molar refractivity (Wildman–Crippen MR) is 74.4 cm³/mol. The maximum Gasteiger partial charge on any atom is 0.339 e. The largest absolute Gasteiger partial charge is 0.478 e. The average molecular weight is 277 g/mol. The van der Waals surface area contributed by atoms with Gasteiger partial charge in [0.2, 0.25) is 0 Å². The summed E-state index contributed by atoms with van der Waals surface area (Å²) in [7, 11) is 0. The molecule has 0 aromatic heterocycles. The van der Waals surface area contributed by atoms with E-state index in [1.165, 1.54) is 6.07 Å². The van der Waals surface area contributed by atoms with Crippen molar-refractivity contribution in [2.45, 2.75) is 13.8 Å². The second-order valence-electron chi connectivity index (χ2n) is 4.27. The summed E-state index contributed by atoms with van der Waals surface area (Å²) in [5.74, 6) is -0.333. The molecule has 0 aliphatic heterocycles. The zero-order chi connectivity index (χ0) is 14.0. The molecule has 2 rings (SSSR count). The van der Waals surface area contributed by atoms with Crippen LogP contribution in [0.2, 0.25) is 5.02 Å². The Hall–Kier alpha value is -2.00. The minimum absolute atomic E-state index is 0.0470. The van der Waals surface area contributed by atoms with E-state index in [0.29, 0.717) is 5.75 Å². The highest BCUT2D eigenvalue weighted by Crippen LogP contribution is 2.33. The zero-order valence-electron chi connectivity index (χ0n) is 10.6. The van der Waals surface area contributed by atoms with Crippen LogP contribution in [0, 0.1) is 13.8 Å². The molecule has 0 heterocycles. The highest BCUT2D eigenvalue weighted by atomic mass is 35.5. The first kappa shape index (κ1) is 13.4. The summed E-state index contributed by atoms with van der Waals surface area (Å²) in [6.07, 6.45) is 0. The Kier molecular flexibility index (Phi) is 3.76. The van der Waals surface area contributed by atoms with Gasteiger partial charge in [-0.05, 0) is 49.2 Å². The van der Waals surface area contributed by atoms with E-state index in [4.69, 9.17) is 21.4 Å². The van der Waals surface area contributed by atoms with E-state index in [1.54, 1.807) is 18.2 Å². The fourth-order valence-corrected chi connectivity index (χ4v) is 1.89. The van der Waals surface area contributed by atoms with Gasteiger partial charge < -0.3 is 9.84 Å². The highest BCUT2D eigenvalue weighted by Gasteiger charge is 2.15. The van der Waals surface area contributed by atoms with Gasteiger partial charge in [0.25, 0.3) is 0 Å². The van der Waals surface area contributed by atoms with Crippen LogP contribution in [0.25, 0.3) is 0 Å². The predicted octanol–water partition coefficient (Wildman–Crippen LogP) is 4.45. The van der Waals surface area contributed by atoms with E-state index >= 15 is 0 Å². The molecule has 0 spiro atoms. The molecule has 1 N–H and O–H groups in total. The number of aryl methyl sites for hydroxylation is 2. The van der Waals surface area contributed by atoms with Gasteiger partial charge in [-0.25, -0.2) is 4.79 Å². The van der Waals surface area contributed by atoms with Gasteiger partial charge in [-0.15, -0.1) is 0 Å². The minimum atomic E-state index is -1.07. The Bertz CT molecular complexity index is 635. The first-order chi connectivity index (χ1) is 8.99. The van der Waals surface area contributed by atoms with Crippen molar-refractivity contribution in [3.05, 3.63) is 58.1 Å². The summed E-state index contributed by atoms with van der Waals surface area (Å²) in [6, 6.07) is 10.2. The minimum Gasteiger partial charge on any atom is -0.478 e. The molecule has 0 aliphatic carbocycles. The van der Waals surface area contributed by atoms with Crippen LogP contribution in [0.1, 0.15) is 21.5 Å². The normalized spacial score (nSPS) is 10.3. The number of para-hydroxylation sites is 1. The molecule has 0 saturated carbocycles.